The quantitative estimate of drug-likeness (QED) is 0.491. The lowest BCUT2D eigenvalue weighted by atomic mass is 10.1. The average Bonchev–Trinajstić information content (AvgIpc) is 3.00. The van der Waals surface area contributed by atoms with E-state index in [2.05, 4.69) is 15.5 Å². The molecule has 0 aliphatic carbocycles. The standard InChI is InChI=1S/C15H14N4O2S2/c1-9(2)13(21)17-14-18-19-15(23-14)22-8-12(20)11-5-3-4-10(6-11)7-16/h3-6,9H,8H2,1-2H3,(H,17,18,21). The van der Waals surface area contributed by atoms with E-state index in [0.717, 1.165) is 0 Å². The molecule has 0 radical (unpaired) electrons. The Morgan fingerprint density at radius 3 is 2.87 bits per heavy atom. The molecule has 0 aliphatic rings. The van der Waals surface area contributed by atoms with Crippen molar-refractivity contribution in [1.29, 1.82) is 5.26 Å². The van der Waals surface area contributed by atoms with Crippen molar-refractivity contribution in [3.8, 4) is 6.07 Å². The first-order chi connectivity index (χ1) is 11.0. The molecule has 8 heteroatoms. The summed E-state index contributed by atoms with van der Waals surface area (Å²) in [6.07, 6.45) is 0. The van der Waals surface area contributed by atoms with E-state index >= 15 is 0 Å². The molecule has 0 saturated carbocycles. The van der Waals surface area contributed by atoms with Crippen LogP contribution >= 0.6 is 23.1 Å². The van der Waals surface area contributed by atoms with E-state index in [1.54, 1.807) is 38.1 Å². The Morgan fingerprint density at radius 1 is 1.39 bits per heavy atom. The van der Waals surface area contributed by atoms with Crippen molar-refractivity contribution < 1.29 is 9.59 Å². The molecule has 0 bridgehead atoms. The Bertz CT molecular complexity index is 765. The lowest BCUT2D eigenvalue weighted by Crippen LogP contribution is -2.17. The number of rotatable bonds is 6. The van der Waals surface area contributed by atoms with Crippen LogP contribution in [0.3, 0.4) is 0 Å². The predicted octanol–water partition coefficient (Wildman–Crippen LogP) is 2.98. The minimum absolute atomic E-state index is 0.0879. The first kappa shape index (κ1) is 17.1. The number of ketones is 1. The average molecular weight is 346 g/mol. The number of carbonyl (C=O) groups excluding carboxylic acids is 2. The van der Waals surface area contributed by atoms with Gasteiger partial charge in [0.05, 0.1) is 17.4 Å². The van der Waals surface area contributed by atoms with Crippen LogP contribution in [-0.2, 0) is 4.79 Å². The summed E-state index contributed by atoms with van der Waals surface area (Å²) >= 11 is 2.48. The summed E-state index contributed by atoms with van der Waals surface area (Å²) in [5.74, 6) is -0.150. The Morgan fingerprint density at radius 2 is 2.17 bits per heavy atom. The van der Waals surface area contributed by atoms with Gasteiger partial charge in [0.25, 0.3) is 0 Å². The van der Waals surface area contributed by atoms with Gasteiger partial charge in [-0.1, -0.05) is 49.1 Å². The zero-order chi connectivity index (χ0) is 16.8. The number of hydrogen-bond acceptors (Lipinski definition) is 7. The third-order valence-corrected chi connectivity index (χ3v) is 4.77. The summed E-state index contributed by atoms with van der Waals surface area (Å²) in [6, 6.07) is 8.59. The number of hydrogen-bond donors (Lipinski definition) is 1. The number of amides is 1. The number of nitriles is 1. The van der Waals surface area contributed by atoms with Crippen LogP contribution in [0.4, 0.5) is 5.13 Å². The van der Waals surface area contributed by atoms with Gasteiger partial charge in [0.2, 0.25) is 11.0 Å². The maximum Gasteiger partial charge on any atom is 0.228 e. The lowest BCUT2D eigenvalue weighted by Gasteiger charge is -2.02. The summed E-state index contributed by atoms with van der Waals surface area (Å²) in [5, 5.41) is 19.8. The Labute approximate surface area is 141 Å². The van der Waals surface area contributed by atoms with Gasteiger partial charge < -0.3 is 5.32 Å². The Balaban J connectivity index is 1.93. The van der Waals surface area contributed by atoms with E-state index in [0.29, 0.717) is 20.6 Å². The molecule has 1 aromatic carbocycles. The van der Waals surface area contributed by atoms with Crippen molar-refractivity contribution in [2.24, 2.45) is 5.92 Å². The highest BCUT2D eigenvalue weighted by Crippen LogP contribution is 2.26. The fraction of sp³-hybridized carbons (Fsp3) is 0.267. The molecule has 0 fully saturated rings. The van der Waals surface area contributed by atoms with Crippen molar-refractivity contribution in [3.63, 3.8) is 0 Å². The maximum absolute atomic E-state index is 12.1. The molecule has 0 unspecified atom stereocenters. The molecule has 2 rings (SSSR count). The smallest absolute Gasteiger partial charge is 0.228 e. The second-order valence-electron chi connectivity index (χ2n) is 4.92. The summed E-state index contributed by atoms with van der Waals surface area (Å²) < 4.78 is 0.605. The number of benzene rings is 1. The number of thioether (sulfide) groups is 1. The van der Waals surface area contributed by atoms with E-state index in [9.17, 15) is 9.59 Å². The highest BCUT2D eigenvalue weighted by molar-refractivity contribution is 8.01. The second-order valence-corrected chi connectivity index (χ2v) is 7.12. The fourth-order valence-electron chi connectivity index (χ4n) is 1.54. The summed E-state index contributed by atoms with van der Waals surface area (Å²) in [7, 11) is 0. The van der Waals surface area contributed by atoms with Gasteiger partial charge in [-0.25, -0.2) is 0 Å². The predicted molar refractivity (Wildman–Crippen MR) is 89.6 cm³/mol. The Kier molecular flexibility index (Phi) is 5.84. The van der Waals surface area contributed by atoms with E-state index in [4.69, 9.17) is 5.26 Å². The van der Waals surface area contributed by atoms with Crippen LogP contribution < -0.4 is 5.32 Å². The topological polar surface area (TPSA) is 95.7 Å². The van der Waals surface area contributed by atoms with Gasteiger partial charge in [-0.05, 0) is 12.1 Å². The highest BCUT2D eigenvalue weighted by atomic mass is 32.2. The summed E-state index contributed by atoms with van der Waals surface area (Å²) in [5.41, 5.74) is 0.949. The third kappa shape index (κ3) is 4.87. The molecule has 6 nitrogen and oxygen atoms in total. The first-order valence-corrected chi connectivity index (χ1v) is 8.60. The molecule has 0 saturated heterocycles. The lowest BCUT2D eigenvalue weighted by molar-refractivity contribution is -0.118. The molecule has 118 valence electrons. The summed E-state index contributed by atoms with van der Waals surface area (Å²) in [4.78, 5) is 23.7. The minimum atomic E-state index is -0.135. The van der Waals surface area contributed by atoms with Gasteiger partial charge in [0.15, 0.2) is 10.1 Å². The fourth-order valence-corrected chi connectivity index (χ4v) is 3.19. The van der Waals surface area contributed by atoms with Crippen molar-refractivity contribution in [2.45, 2.75) is 18.2 Å². The molecule has 1 N–H and O–H groups in total. The van der Waals surface area contributed by atoms with Crippen LogP contribution in [0.5, 0.6) is 0 Å². The highest BCUT2D eigenvalue weighted by Gasteiger charge is 2.13. The van der Waals surface area contributed by atoms with Crippen LogP contribution in [0.15, 0.2) is 28.6 Å². The van der Waals surface area contributed by atoms with Crippen LogP contribution in [-0.4, -0.2) is 27.6 Å². The van der Waals surface area contributed by atoms with Crippen molar-refractivity contribution >= 4 is 39.9 Å². The molecule has 23 heavy (non-hydrogen) atoms. The molecule has 0 aliphatic heterocycles. The van der Waals surface area contributed by atoms with Gasteiger partial charge in [-0.2, -0.15) is 5.26 Å². The molecule has 1 amide bonds. The monoisotopic (exact) mass is 346 g/mol. The molecule has 1 heterocycles. The summed E-state index contributed by atoms with van der Waals surface area (Å²) in [6.45, 7) is 3.58. The number of nitrogens with zero attached hydrogens (tertiary/aromatic N) is 3. The number of carbonyl (C=O) groups is 2. The largest absolute Gasteiger partial charge is 0.300 e. The first-order valence-electron chi connectivity index (χ1n) is 6.80. The van der Waals surface area contributed by atoms with Crippen molar-refractivity contribution in [3.05, 3.63) is 35.4 Å². The number of anilines is 1. The molecule has 0 atom stereocenters. The molecule has 0 spiro atoms. The van der Waals surface area contributed by atoms with E-state index in [1.807, 2.05) is 6.07 Å². The SMILES string of the molecule is CC(C)C(=O)Nc1nnc(SCC(=O)c2cccc(C#N)c2)s1. The number of aromatic nitrogens is 2. The zero-order valence-corrected chi connectivity index (χ0v) is 14.2. The molecular formula is C15H14N4O2S2. The van der Waals surface area contributed by atoms with Crippen LogP contribution in [0.1, 0.15) is 29.8 Å². The van der Waals surface area contributed by atoms with E-state index < -0.39 is 0 Å². The van der Waals surface area contributed by atoms with Crippen LogP contribution in [0.25, 0.3) is 0 Å². The van der Waals surface area contributed by atoms with Crippen molar-refractivity contribution in [1.82, 2.24) is 10.2 Å². The Hall–Kier alpha value is -2.24. The minimum Gasteiger partial charge on any atom is -0.300 e. The van der Waals surface area contributed by atoms with Crippen LogP contribution in [0, 0.1) is 17.2 Å². The van der Waals surface area contributed by atoms with E-state index in [1.165, 1.54) is 23.1 Å². The molecule has 1 aromatic heterocycles. The maximum atomic E-state index is 12.1. The normalized spacial score (nSPS) is 10.3. The number of nitrogens with one attached hydrogen (secondary N) is 1. The van der Waals surface area contributed by atoms with Gasteiger partial charge in [0.1, 0.15) is 0 Å². The van der Waals surface area contributed by atoms with Gasteiger partial charge in [0, 0.05) is 11.5 Å². The zero-order valence-electron chi connectivity index (χ0n) is 12.6. The van der Waals surface area contributed by atoms with Gasteiger partial charge >= 0.3 is 0 Å². The van der Waals surface area contributed by atoms with Crippen LogP contribution in [0.2, 0.25) is 0 Å². The van der Waals surface area contributed by atoms with Gasteiger partial charge in [-0.15, -0.1) is 10.2 Å². The molecular weight excluding hydrogens is 332 g/mol. The third-order valence-electron chi connectivity index (χ3n) is 2.80. The second kappa shape index (κ2) is 7.85. The van der Waals surface area contributed by atoms with Crippen molar-refractivity contribution in [2.75, 3.05) is 11.1 Å². The van der Waals surface area contributed by atoms with E-state index in [-0.39, 0.29) is 23.4 Å². The molecule has 2 aromatic rings. The number of Topliss-reactive ketones (excluding diaryl/α,β-unsaturated/α-hetero) is 1. The van der Waals surface area contributed by atoms with Gasteiger partial charge in [-0.3, -0.25) is 9.59 Å².